The molecule has 0 amide bonds. The van der Waals surface area contributed by atoms with Gasteiger partial charge in [0, 0.05) is 38.9 Å². The van der Waals surface area contributed by atoms with Gasteiger partial charge < -0.3 is 15.1 Å². The summed E-state index contributed by atoms with van der Waals surface area (Å²) in [7, 11) is 6.10. The van der Waals surface area contributed by atoms with E-state index in [0.717, 1.165) is 24.7 Å². The monoisotopic (exact) mass is 249 g/mol. The predicted octanol–water partition coefficient (Wildman–Crippen LogP) is 1.44. The molecule has 0 spiro atoms. The van der Waals surface area contributed by atoms with Crippen molar-refractivity contribution in [1.29, 1.82) is 0 Å². The van der Waals surface area contributed by atoms with Crippen LogP contribution in [-0.4, -0.2) is 54.6 Å². The van der Waals surface area contributed by atoms with Crippen molar-refractivity contribution in [2.24, 2.45) is 0 Å². The summed E-state index contributed by atoms with van der Waals surface area (Å²) in [5.74, 6) is 1.68. The molecule has 0 radical (unpaired) electrons. The minimum absolute atomic E-state index is 0.515. The Hall–Kier alpha value is -1.36. The summed E-state index contributed by atoms with van der Waals surface area (Å²) >= 11 is 0. The average Bonchev–Trinajstić information content (AvgIpc) is 2.34. The number of nitrogens with zero attached hydrogens (tertiary/aromatic N) is 4. The number of anilines is 2. The van der Waals surface area contributed by atoms with Crippen molar-refractivity contribution in [3.8, 4) is 0 Å². The van der Waals surface area contributed by atoms with Gasteiger partial charge in [-0.3, -0.25) is 0 Å². The van der Waals surface area contributed by atoms with Gasteiger partial charge in [-0.2, -0.15) is 4.98 Å². The smallest absolute Gasteiger partial charge is 0.226 e. The second-order valence-electron chi connectivity index (χ2n) is 5.33. The Bertz CT molecular complexity index is 393. The van der Waals surface area contributed by atoms with E-state index in [2.05, 4.69) is 34.2 Å². The molecule has 1 aromatic heterocycles. The summed E-state index contributed by atoms with van der Waals surface area (Å²) in [4.78, 5) is 13.1. The highest BCUT2D eigenvalue weighted by Crippen LogP contribution is 2.19. The first-order valence-electron chi connectivity index (χ1n) is 6.53. The molecule has 1 saturated heterocycles. The fourth-order valence-corrected chi connectivity index (χ4v) is 2.27. The van der Waals surface area contributed by atoms with E-state index in [9.17, 15) is 0 Å². The molecule has 0 aliphatic carbocycles. The van der Waals surface area contributed by atoms with E-state index in [0.29, 0.717) is 12.1 Å². The van der Waals surface area contributed by atoms with Crippen molar-refractivity contribution in [3.05, 3.63) is 12.3 Å². The Balaban J connectivity index is 1.99. The lowest BCUT2D eigenvalue weighted by Crippen LogP contribution is -2.42. The summed E-state index contributed by atoms with van der Waals surface area (Å²) < 4.78 is 0. The number of rotatable bonds is 3. The van der Waals surface area contributed by atoms with Crippen LogP contribution in [0.1, 0.15) is 19.8 Å². The standard InChI is InChI=1S/C13H23N5/c1-10-9-11(6-8-18(10)4)15-12-5-7-14-13(16-12)17(2)3/h5,7,10-11H,6,8-9H2,1-4H3,(H,14,15,16). The Morgan fingerprint density at radius 3 is 2.89 bits per heavy atom. The van der Waals surface area contributed by atoms with Gasteiger partial charge in [0.15, 0.2) is 0 Å². The number of likely N-dealkylation sites (tertiary alicyclic amines) is 1. The molecule has 2 unspecified atom stereocenters. The lowest BCUT2D eigenvalue weighted by Gasteiger charge is -2.35. The summed E-state index contributed by atoms with van der Waals surface area (Å²) in [5, 5.41) is 3.52. The molecule has 2 heterocycles. The summed E-state index contributed by atoms with van der Waals surface area (Å²) in [6.07, 6.45) is 4.14. The molecule has 1 N–H and O–H groups in total. The highest BCUT2D eigenvalue weighted by molar-refractivity contribution is 5.41. The highest BCUT2D eigenvalue weighted by Gasteiger charge is 2.22. The minimum Gasteiger partial charge on any atom is -0.367 e. The highest BCUT2D eigenvalue weighted by atomic mass is 15.2. The molecule has 1 aliphatic rings. The Morgan fingerprint density at radius 2 is 2.22 bits per heavy atom. The van der Waals surface area contributed by atoms with Crippen LogP contribution in [0.25, 0.3) is 0 Å². The van der Waals surface area contributed by atoms with Crippen LogP contribution in [0.15, 0.2) is 12.3 Å². The average molecular weight is 249 g/mol. The molecule has 0 aromatic carbocycles. The molecule has 18 heavy (non-hydrogen) atoms. The number of nitrogens with one attached hydrogen (secondary N) is 1. The molecule has 5 heteroatoms. The normalized spacial score (nSPS) is 24.9. The summed E-state index contributed by atoms with van der Waals surface area (Å²) in [5.41, 5.74) is 0. The maximum Gasteiger partial charge on any atom is 0.226 e. The maximum absolute atomic E-state index is 4.50. The van der Waals surface area contributed by atoms with Crippen LogP contribution in [0.4, 0.5) is 11.8 Å². The van der Waals surface area contributed by atoms with Crippen molar-refractivity contribution in [2.75, 3.05) is 37.9 Å². The van der Waals surface area contributed by atoms with Crippen LogP contribution >= 0.6 is 0 Å². The number of hydrogen-bond acceptors (Lipinski definition) is 5. The maximum atomic E-state index is 4.50. The largest absolute Gasteiger partial charge is 0.367 e. The molecule has 1 fully saturated rings. The van der Waals surface area contributed by atoms with E-state index in [1.54, 1.807) is 0 Å². The van der Waals surface area contributed by atoms with E-state index in [4.69, 9.17) is 0 Å². The predicted molar refractivity (Wildman–Crippen MR) is 75.1 cm³/mol. The fraction of sp³-hybridized carbons (Fsp3) is 0.692. The van der Waals surface area contributed by atoms with Gasteiger partial charge in [-0.1, -0.05) is 0 Å². The SMILES string of the molecule is CC1CC(Nc2ccnc(N(C)C)n2)CCN1C. The zero-order chi connectivity index (χ0) is 13.1. The first-order chi connectivity index (χ1) is 8.56. The third-order valence-electron chi connectivity index (χ3n) is 3.60. The quantitative estimate of drug-likeness (QED) is 0.878. The molecule has 0 bridgehead atoms. The van der Waals surface area contributed by atoms with E-state index in [1.807, 2.05) is 31.3 Å². The number of aromatic nitrogens is 2. The second-order valence-corrected chi connectivity index (χ2v) is 5.33. The van der Waals surface area contributed by atoms with Crippen LogP contribution in [0.2, 0.25) is 0 Å². The van der Waals surface area contributed by atoms with Crippen molar-refractivity contribution >= 4 is 11.8 Å². The van der Waals surface area contributed by atoms with Crippen LogP contribution < -0.4 is 10.2 Å². The van der Waals surface area contributed by atoms with Crippen LogP contribution in [-0.2, 0) is 0 Å². The second kappa shape index (κ2) is 5.52. The molecule has 0 saturated carbocycles. The zero-order valence-electron chi connectivity index (χ0n) is 11.7. The van der Waals surface area contributed by atoms with Crippen LogP contribution in [0.3, 0.4) is 0 Å². The molecular weight excluding hydrogens is 226 g/mol. The minimum atomic E-state index is 0.515. The topological polar surface area (TPSA) is 44.3 Å². The van der Waals surface area contributed by atoms with Gasteiger partial charge in [0.25, 0.3) is 0 Å². The Kier molecular flexibility index (Phi) is 4.01. The van der Waals surface area contributed by atoms with E-state index in [-0.39, 0.29) is 0 Å². The Morgan fingerprint density at radius 1 is 1.44 bits per heavy atom. The summed E-state index contributed by atoms with van der Waals surface area (Å²) in [6.45, 7) is 3.42. The molecule has 5 nitrogen and oxygen atoms in total. The Labute approximate surface area is 109 Å². The first kappa shape index (κ1) is 13.1. The van der Waals surface area contributed by atoms with Crippen molar-refractivity contribution in [3.63, 3.8) is 0 Å². The van der Waals surface area contributed by atoms with Crippen LogP contribution in [0, 0.1) is 0 Å². The van der Waals surface area contributed by atoms with Gasteiger partial charge in [0.1, 0.15) is 5.82 Å². The third-order valence-corrected chi connectivity index (χ3v) is 3.60. The molecule has 100 valence electrons. The first-order valence-corrected chi connectivity index (χ1v) is 6.53. The third kappa shape index (κ3) is 3.10. The van der Waals surface area contributed by atoms with Gasteiger partial charge in [0.2, 0.25) is 5.95 Å². The molecule has 1 aromatic rings. The van der Waals surface area contributed by atoms with E-state index in [1.165, 1.54) is 6.42 Å². The van der Waals surface area contributed by atoms with Crippen molar-refractivity contribution < 1.29 is 0 Å². The molecule has 2 atom stereocenters. The number of hydrogen-bond donors (Lipinski definition) is 1. The fourth-order valence-electron chi connectivity index (χ4n) is 2.27. The lowest BCUT2D eigenvalue weighted by atomic mass is 9.99. The molecule has 1 aliphatic heterocycles. The van der Waals surface area contributed by atoms with Crippen LogP contribution in [0.5, 0.6) is 0 Å². The molecular formula is C13H23N5. The van der Waals surface area contributed by atoms with Gasteiger partial charge in [0.05, 0.1) is 0 Å². The molecule has 2 rings (SSSR count). The van der Waals surface area contributed by atoms with Gasteiger partial charge in [-0.05, 0) is 32.9 Å². The van der Waals surface area contributed by atoms with E-state index < -0.39 is 0 Å². The van der Waals surface area contributed by atoms with Gasteiger partial charge in [-0.15, -0.1) is 0 Å². The zero-order valence-corrected chi connectivity index (χ0v) is 11.7. The van der Waals surface area contributed by atoms with Gasteiger partial charge in [-0.25, -0.2) is 4.98 Å². The van der Waals surface area contributed by atoms with Crippen molar-refractivity contribution in [1.82, 2.24) is 14.9 Å². The number of piperidine rings is 1. The van der Waals surface area contributed by atoms with Gasteiger partial charge >= 0.3 is 0 Å². The van der Waals surface area contributed by atoms with E-state index >= 15 is 0 Å². The summed E-state index contributed by atoms with van der Waals surface area (Å²) in [6, 6.07) is 3.09. The van der Waals surface area contributed by atoms with Crippen molar-refractivity contribution in [2.45, 2.75) is 31.8 Å². The lowest BCUT2D eigenvalue weighted by molar-refractivity contribution is 0.190.